The molecule has 1 aromatic carbocycles. The van der Waals surface area contributed by atoms with Crippen LogP contribution in [0.4, 0.5) is 5.69 Å². The number of piperidine rings is 1. The van der Waals surface area contributed by atoms with Gasteiger partial charge in [0.05, 0.1) is 0 Å². The van der Waals surface area contributed by atoms with Crippen LogP contribution in [0.1, 0.15) is 39.5 Å². The van der Waals surface area contributed by atoms with Gasteiger partial charge in [-0.3, -0.25) is 0 Å². The van der Waals surface area contributed by atoms with Crippen molar-refractivity contribution in [1.29, 1.82) is 0 Å². The van der Waals surface area contributed by atoms with Crippen LogP contribution < -0.4 is 10.6 Å². The maximum atomic E-state index is 3.68. The molecule has 1 saturated heterocycles. The lowest BCUT2D eigenvalue weighted by molar-refractivity contribution is 0.371. The van der Waals surface area contributed by atoms with E-state index in [9.17, 15) is 0 Å². The molecule has 2 rings (SSSR count). The number of benzene rings is 1. The van der Waals surface area contributed by atoms with E-state index in [1.165, 1.54) is 42.8 Å². The summed E-state index contributed by atoms with van der Waals surface area (Å²) >= 11 is 1.91. The highest BCUT2D eigenvalue weighted by molar-refractivity contribution is 7.99. The fourth-order valence-electron chi connectivity index (χ4n) is 2.74. The van der Waals surface area contributed by atoms with Crippen LogP contribution in [0.3, 0.4) is 0 Å². The number of thioether (sulfide) groups is 1. The standard InChI is InChI=1S/C16H26N2S/c1-3-19-16-10-5-4-9-15(16)18-13(2)12-14-8-6-7-11-17-14/h4-5,9-10,13-14,17-18H,3,6-8,11-12H2,1-2H3. The fraction of sp³-hybridized carbons (Fsp3) is 0.625. The summed E-state index contributed by atoms with van der Waals surface area (Å²) in [5.74, 6) is 1.12. The Labute approximate surface area is 121 Å². The predicted octanol–water partition coefficient (Wildman–Crippen LogP) is 4.13. The Morgan fingerprint density at radius 2 is 2.21 bits per heavy atom. The Kier molecular flexibility index (Phi) is 6.05. The van der Waals surface area contributed by atoms with Crippen molar-refractivity contribution < 1.29 is 0 Å². The van der Waals surface area contributed by atoms with E-state index >= 15 is 0 Å². The van der Waals surface area contributed by atoms with Crippen LogP contribution >= 0.6 is 11.8 Å². The van der Waals surface area contributed by atoms with Gasteiger partial charge in [-0.25, -0.2) is 0 Å². The number of nitrogens with one attached hydrogen (secondary N) is 2. The SMILES string of the molecule is CCSc1ccccc1NC(C)CC1CCCCN1. The van der Waals surface area contributed by atoms with Crippen LogP contribution in [-0.2, 0) is 0 Å². The molecule has 2 atom stereocenters. The maximum Gasteiger partial charge on any atom is 0.0480 e. The fourth-order valence-corrected chi connectivity index (χ4v) is 3.51. The number of anilines is 1. The van der Waals surface area contributed by atoms with Crippen LogP contribution in [0, 0.1) is 0 Å². The number of rotatable bonds is 6. The molecule has 0 radical (unpaired) electrons. The van der Waals surface area contributed by atoms with E-state index in [4.69, 9.17) is 0 Å². The van der Waals surface area contributed by atoms with Crippen molar-refractivity contribution in [1.82, 2.24) is 5.32 Å². The van der Waals surface area contributed by atoms with E-state index in [0.29, 0.717) is 12.1 Å². The van der Waals surface area contributed by atoms with Crippen LogP contribution in [0.25, 0.3) is 0 Å². The van der Waals surface area contributed by atoms with Gasteiger partial charge in [-0.2, -0.15) is 0 Å². The van der Waals surface area contributed by atoms with Gasteiger partial charge in [0.25, 0.3) is 0 Å². The molecule has 1 aliphatic rings. The molecule has 0 spiro atoms. The lowest BCUT2D eigenvalue weighted by Crippen LogP contribution is -2.37. The van der Waals surface area contributed by atoms with Crippen LogP contribution in [0.5, 0.6) is 0 Å². The van der Waals surface area contributed by atoms with E-state index in [-0.39, 0.29) is 0 Å². The Hall–Kier alpha value is -0.670. The molecule has 106 valence electrons. The first-order valence-corrected chi connectivity index (χ1v) is 8.50. The van der Waals surface area contributed by atoms with Crippen LogP contribution in [-0.4, -0.2) is 24.4 Å². The summed E-state index contributed by atoms with van der Waals surface area (Å²) in [6, 6.07) is 9.87. The number of hydrogen-bond acceptors (Lipinski definition) is 3. The topological polar surface area (TPSA) is 24.1 Å². The van der Waals surface area contributed by atoms with E-state index in [1.54, 1.807) is 0 Å². The first-order valence-electron chi connectivity index (χ1n) is 7.51. The quantitative estimate of drug-likeness (QED) is 0.765. The molecule has 0 aliphatic carbocycles. The van der Waals surface area contributed by atoms with Crippen molar-refractivity contribution in [3.8, 4) is 0 Å². The van der Waals surface area contributed by atoms with Crippen LogP contribution in [0.2, 0.25) is 0 Å². The second-order valence-electron chi connectivity index (χ2n) is 5.36. The second kappa shape index (κ2) is 7.81. The molecule has 1 aliphatic heterocycles. The molecular formula is C16H26N2S. The van der Waals surface area contributed by atoms with Gasteiger partial charge < -0.3 is 10.6 Å². The monoisotopic (exact) mass is 278 g/mol. The van der Waals surface area contributed by atoms with Gasteiger partial charge in [0.1, 0.15) is 0 Å². The van der Waals surface area contributed by atoms with Crippen molar-refractivity contribution in [2.45, 2.75) is 56.5 Å². The summed E-state index contributed by atoms with van der Waals surface area (Å²) < 4.78 is 0. The van der Waals surface area contributed by atoms with Gasteiger partial charge >= 0.3 is 0 Å². The summed E-state index contributed by atoms with van der Waals surface area (Å²) in [5.41, 5.74) is 1.29. The first kappa shape index (κ1) is 14.7. The lowest BCUT2D eigenvalue weighted by Gasteiger charge is -2.27. The van der Waals surface area contributed by atoms with Crippen LogP contribution in [0.15, 0.2) is 29.2 Å². The van der Waals surface area contributed by atoms with E-state index in [2.05, 4.69) is 48.7 Å². The maximum absolute atomic E-state index is 3.68. The largest absolute Gasteiger partial charge is 0.382 e. The van der Waals surface area contributed by atoms with E-state index in [1.807, 2.05) is 11.8 Å². The third kappa shape index (κ3) is 4.73. The van der Waals surface area contributed by atoms with Gasteiger partial charge in [0.15, 0.2) is 0 Å². The highest BCUT2D eigenvalue weighted by Crippen LogP contribution is 2.27. The van der Waals surface area contributed by atoms with Crippen molar-refractivity contribution in [3.05, 3.63) is 24.3 Å². The van der Waals surface area contributed by atoms with Gasteiger partial charge in [0, 0.05) is 22.7 Å². The average Bonchev–Trinajstić information content (AvgIpc) is 2.42. The Morgan fingerprint density at radius 3 is 2.95 bits per heavy atom. The lowest BCUT2D eigenvalue weighted by atomic mass is 9.99. The zero-order valence-corrected chi connectivity index (χ0v) is 12.9. The molecule has 0 saturated carbocycles. The predicted molar refractivity (Wildman–Crippen MR) is 86.2 cm³/mol. The average molecular weight is 278 g/mol. The third-order valence-corrected chi connectivity index (χ3v) is 4.59. The summed E-state index contributed by atoms with van der Waals surface area (Å²) in [6.07, 6.45) is 5.27. The van der Waals surface area contributed by atoms with Crippen molar-refractivity contribution in [2.75, 3.05) is 17.6 Å². The van der Waals surface area contributed by atoms with Crippen molar-refractivity contribution in [3.63, 3.8) is 0 Å². The molecule has 0 amide bonds. The summed E-state index contributed by atoms with van der Waals surface area (Å²) in [7, 11) is 0. The minimum absolute atomic E-state index is 0.522. The third-order valence-electron chi connectivity index (χ3n) is 3.64. The van der Waals surface area contributed by atoms with Gasteiger partial charge in [-0.05, 0) is 50.6 Å². The van der Waals surface area contributed by atoms with Crippen molar-refractivity contribution >= 4 is 17.4 Å². The van der Waals surface area contributed by atoms with Gasteiger partial charge in [-0.1, -0.05) is 25.5 Å². The van der Waals surface area contributed by atoms with Gasteiger partial charge in [0.2, 0.25) is 0 Å². The first-order chi connectivity index (χ1) is 9.29. The smallest absolute Gasteiger partial charge is 0.0480 e. The molecule has 2 unspecified atom stereocenters. The molecule has 2 nitrogen and oxygen atoms in total. The molecule has 3 heteroatoms. The number of hydrogen-bond donors (Lipinski definition) is 2. The molecule has 0 bridgehead atoms. The molecule has 2 N–H and O–H groups in total. The molecular weight excluding hydrogens is 252 g/mol. The zero-order chi connectivity index (χ0) is 13.5. The highest BCUT2D eigenvalue weighted by Gasteiger charge is 2.16. The van der Waals surface area contributed by atoms with E-state index in [0.717, 1.165) is 5.75 Å². The van der Waals surface area contributed by atoms with Crippen molar-refractivity contribution in [2.24, 2.45) is 0 Å². The summed E-state index contributed by atoms with van der Waals surface area (Å²) in [6.45, 7) is 5.69. The Bertz CT molecular complexity index is 375. The van der Waals surface area contributed by atoms with Gasteiger partial charge in [-0.15, -0.1) is 11.8 Å². The molecule has 1 aromatic rings. The molecule has 0 aromatic heterocycles. The molecule has 1 fully saturated rings. The number of para-hydroxylation sites is 1. The second-order valence-corrected chi connectivity index (χ2v) is 6.66. The Balaban J connectivity index is 1.88. The Morgan fingerprint density at radius 1 is 1.37 bits per heavy atom. The minimum Gasteiger partial charge on any atom is -0.382 e. The summed E-state index contributed by atoms with van der Waals surface area (Å²) in [4.78, 5) is 1.37. The zero-order valence-electron chi connectivity index (χ0n) is 12.1. The summed E-state index contributed by atoms with van der Waals surface area (Å²) in [5, 5.41) is 7.31. The van der Waals surface area contributed by atoms with E-state index < -0.39 is 0 Å². The normalized spacial score (nSPS) is 21.1. The molecule has 1 heterocycles. The highest BCUT2D eigenvalue weighted by atomic mass is 32.2. The molecule has 19 heavy (non-hydrogen) atoms. The minimum atomic E-state index is 0.522.